The van der Waals surface area contributed by atoms with Crippen molar-refractivity contribution >= 4 is 28.7 Å². The molecule has 45 heavy (non-hydrogen) atoms. The zero-order valence-electron chi connectivity index (χ0n) is 25.9. The van der Waals surface area contributed by atoms with Gasteiger partial charge in [-0.15, -0.1) is 11.8 Å². The Hall–Kier alpha value is -4.73. The first kappa shape index (κ1) is 29.0. The Balaban J connectivity index is 1.27. The Kier molecular flexibility index (Phi) is 8.44. The van der Waals surface area contributed by atoms with Gasteiger partial charge in [-0.1, -0.05) is 103 Å². The van der Waals surface area contributed by atoms with E-state index < -0.39 is 0 Å². The fraction of sp³-hybridized carbons (Fsp3) is 0.143. The lowest BCUT2D eigenvalue weighted by Crippen LogP contribution is -2.25. The summed E-state index contributed by atoms with van der Waals surface area (Å²) in [6.45, 7) is 4.65. The fourth-order valence-electron chi connectivity index (χ4n) is 6.38. The predicted molar refractivity (Wildman–Crippen MR) is 194 cm³/mol. The molecule has 0 aromatic heterocycles. The van der Waals surface area contributed by atoms with Gasteiger partial charge >= 0.3 is 0 Å². The summed E-state index contributed by atoms with van der Waals surface area (Å²) in [4.78, 5) is 3.83. The maximum atomic E-state index is 3.50. The quantitative estimate of drug-likeness (QED) is 0.236. The van der Waals surface area contributed by atoms with Crippen molar-refractivity contribution in [3.63, 3.8) is 0 Å². The number of allylic oxidation sites excluding steroid dienone is 7. The zero-order valence-corrected chi connectivity index (χ0v) is 26.7. The average molecular weight is 603 g/mol. The minimum atomic E-state index is 0.241. The van der Waals surface area contributed by atoms with Gasteiger partial charge in [-0.05, 0) is 109 Å². The number of hydrogen-bond donors (Lipinski definition) is 1. The molecule has 7 rings (SSSR count). The Bertz CT molecular complexity index is 1870. The van der Waals surface area contributed by atoms with Crippen molar-refractivity contribution in [2.24, 2.45) is 0 Å². The number of para-hydroxylation sites is 2. The molecule has 0 spiro atoms. The standard InChI is InChI=1S/C42H38N2S/c1-30-31(2)45-42-26-25-33(32-14-5-3-6-15-32)28-36(42)16-13-22-40(30)44(37-17-7-4-8-18-37)41-21-10-9-19-38(41)34-23-24-35(29-34)39-20-11-12-27-43-39/h3-15,17-28,31,39,43H,16,29H2,1-2H3/b22-13-,40-30+. The predicted octanol–water partition coefficient (Wildman–Crippen LogP) is 10.8. The van der Waals surface area contributed by atoms with Gasteiger partial charge in [0.25, 0.3) is 0 Å². The van der Waals surface area contributed by atoms with Gasteiger partial charge in [-0.3, -0.25) is 0 Å². The van der Waals surface area contributed by atoms with Gasteiger partial charge in [-0.25, -0.2) is 0 Å². The summed E-state index contributed by atoms with van der Waals surface area (Å²) in [6, 6.07) is 37.6. The van der Waals surface area contributed by atoms with E-state index in [-0.39, 0.29) is 6.04 Å². The molecule has 1 aliphatic carbocycles. The van der Waals surface area contributed by atoms with E-state index in [9.17, 15) is 0 Å². The van der Waals surface area contributed by atoms with Crippen LogP contribution in [0.15, 0.2) is 174 Å². The number of hydrogen-bond acceptors (Lipinski definition) is 3. The maximum Gasteiger partial charge on any atom is 0.0661 e. The third-order valence-electron chi connectivity index (χ3n) is 8.92. The molecule has 0 fully saturated rings. The molecular formula is C42H38N2S. The second-order valence-corrected chi connectivity index (χ2v) is 13.2. The lowest BCUT2D eigenvalue weighted by atomic mass is 9.96. The minimum absolute atomic E-state index is 0.241. The van der Waals surface area contributed by atoms with Crippen LogP contribution in [0.3, 0.4) is 0 Å². The number of nitrogens with zero attached hydrogens (tertiary/aromatic N) is 1. The van der Waals surface area contributed by atoms with Crippen LogP contribution >= 0.6 is 11.8 Å². The average Bonchev–Trinajstić information content (AvgIpc) is 3.61. The normalized spacial score (nSPS) is 21.5. The van der Waals surface area contributed by atoms with E-state index in [0.29, 0.717) is 5.25 Å². The van der Waals surface area contributed by atoms with Crippen molar-refractivity contribution in [3.05, 3.63) is 180 Å². The third kappa shape index (κ3) is 6.14. The number of anilines is 2. The number of dihydropyridines is 1. The lowest BCUT2D eigenvalue weighted by Gasteiger charge is -2.31. The number of rotatable bonds is 6. The molecule has 2 unspecified atom stereocenters. The van der Waals surface area contributed by atoms with Crippen molar-refractivity contribution < 1.29 is 0 Å². The van der Waals surface area contributed by atoms with Crippen molar-refractivity contribution in [1.82, 2.24) is 5.32 Å². The molecule has 2 nitrogen and oxygen atoms in total. The summed E-state index contributed by atoms with van der Waals surface area (Å²) in [7, 11) is 0. The van der Waals surface area contributed by atoms with Crippen LogP contribution in [0.4, 0.5) is 11.4 Å². The third-order valence-corrected chi connectivity index (χ3v) is 10.3. The molecule has 3 heteroatoms. The van der Waals surface area contributed by atoms with E-state index in [1.165, 1.54) is 55.3 Å². The van der Waals surface area contributed by atoms with E-state index in [0.717, 1.165) is 18.5 Å². The van der Waals surface area contributed by atoms with Gasteiger partial charge in [-0.2, -0.15) is 0 Å². The highest BCUT2D eigenvalue weighted by atomic mass is 32.2. The minimum Gasteiger partial charge on any atom is -0.381 e. The molecule has 222 valence electrons. The Morgan fingerprint density at radius 3 is 2.38 bits per heavy atom. The van der Waals surface area contributed by atoms with Crippen LogP contribution in [0.25, 0.3) is 16.7 Å². The maximum absolute atomic E-state index is 3.50. The number of thioether (sulfide) groups is 1. The van der Waals surface area contributed by atoms with Crippen molar-refractivity contribution in [1.29, 1.82) is 0 Å². The van der Waals surface area contributed by atoms with Crippen LogP contribution in [0, 0.1) is 0 Å². The van der Waals surface area contributed by atoms with Crippen LogP contribution in [0.5, 0.6) is 0 Å². The first-order valence-electron chi connectivity index (χ1n) is 15.8. The number of benzene rings is 4. The first-order valence-corrected chi connectivity index (χ1v) is 16.7. The van der Waals surface area contributed by atoms with E-state index in [1.807, 2.05) is 24.0 Å². The first-order chi connectivity index (χ1) is 22.2. The lowest BCUT2D eigenvalue weighted by molar-refractivity contribution is 0.774. The smallest absolute Gasteiger partial charge is 0.0661 e. The molecule has 2 atom stereocenters. The molecule has 0 saturated heterocycles. The highest BCUT2D eigenvalue weighted by Gasteiger charge is 2.25. The van der Waals surface area contributed by atoms with E-state index in [1.54, 1.807) is 0 Å². The van der Waals surface area contributed by atoms with Gasteiger partial charge in [0, 0.05) is 27.1 Å². The van der Waals surface area contributed by atoms with E-state index in [4.69, 9.17) is 0 Å². The van der Waals surface area contributed by atoms with Gasteiger partial charge in [0.15, 0.2) is 0 Å². The SMILES string of the molecule is C/C1=C(N(c2ccccc2)c2ccccc2C2=CC=C(C3C=CC=CN3)C2)/C=C\Cc2cc(-c3ccccc3)ccc2SC1C. The number of nitrogens with one attached hydrogen (secondary N) is 1. The van der Waals surface area contributed by atoms with Gasteiger partial charge < -0.3 is 10.2 Å². The van der Waals surface area contributed by atoms with Crippen LogP contribution in [-0.2, 0) is 6.42 Å². The summed E-state index contributed by atoms with van der Waals surface area (Å²) >= 11 is 1.97. The topological polar surface area (TPSA) is 15.3 Å². The monoisotopic (exact) mass is 602 g/mol. The largest absolute Gasteiger partial charge is 0.381 e. The van der Waals surface area contributed by atoms with Crippen molar-refractivity contribution in [2.75, 3.05) is 4.90 Å². The molecule has 4 aromatic rings. The zero-order chi connectivity index (χ0) is 30.6. The molecular weight excluding hydrogens is 565 g/mol. The Morgan fingerprint density at radius 1 is 0.800 bits per heavy atom. The molecule has 1 N–H and O–H groups in total. The summed E-state index contributed by atoms with van der Waals surface area (Å²) in [5.41, 5.74) is 12.9. The molecule has 3 aliphatic rings. The molecule has 0 amide bonds. The van der Waals surface area contributed by atoms with Crippen molar-refractivity contribution in [3.8, 4) is 11.1 Å². The summed E-state index contributed by atoms with van der Waals surface area (Å²) in [6.07, 6.45) is 19.6. The molecule has 0 saturated carbocycles. The van der Waals surface area contributed by atoms with Gasteiger partial charge in [0.2, 0.25) is 0 Å². The second kappa shape index (κ2) is 13.1. The van der Waals surface area contributed by atoms with Gasteiger partial charge in [0.1, 0.15) is 0 Å². The van der Waals surface area contributed by atoms with Crippen LogP contribution in [0.1, 0.15) is 31.4 Å². The Labute approximate surface area is 271 Å². The van der Waals surface area contributed by atoms with Crippen LogP contribution in [-0.4, -0.2) is 11.3 Å². The second-order valence-electron chi connectivity index (χ2n) is 11.8. The fourth-order valence-corrected chi connectivity index (χ4v) is 7.50. The van der Waals surface area contributed by atoms with E-state index >= 15 is 0 Å². The molecule has 0 radical (unpaired) electrons. The molecule has 2 heterocycles. The molecule has 4 aromatic carbocycles. The van der Waals surface area contributed by atoms with Crippen LogP contribution in [0.2, 0.25) is 0 Å². The summed E-state index contributed by atoms with van der Waals surface area (Å²) < 4.78 is 0. The van der Waals surface area contributed by atoms with Gasteiger partial charge in [0.05, 0.1) is 11.7 Å². The summed E-state index contributed by atoms with van der Waals surface area (Å²) in [5.74, 6) is 0. The highest BCUT2D eigenvalue weighted by Crippen LogP contribution is 2.43. The van der Waals surface area contributed by atoms with Crippen LogP contribution < -0.4 is 10.2 Å². The number of fused-ring (bicyclic) bond motifs is 1. The summed E-state index contributed by atoms with van der Waals surface area (Å²) in [5, 5.41) is 3.79. The molecule has 0 bridgehead atoms. The highest BCUT2D eigenvalue weighted by molar-refractivity contribution is 8.00. The van der Waals surface area contributed by atoms with Crippen molar-refractivity contribution in [2.45, 2.75) is 42.9 Å². The molecule has 2 aliphatic heterocycles. The Morgan fingerprint density at radius 2 is 1.58 bits per heavy atom. The van der Waals surface area contributed by atoms with E-state index in [2.05, 4.69) is 164 Å².